The van der Waals surface area contributed by atoms with E-state index in [2.05, 4.69) is 68.0 Å². The van der Waals surface area contributed by atoms with Crippen molar-refractivity contribution in [2.45, 2.75) is 77.5 Å². The van der Waals surface area contributed by atoms with Crippen molar-refractivity contribution < 1.29 is 23.8 Å². The average molecular weight is 561 g/mol. The molecule has 1 aromatic heterocycles. The predicted molar refractivity (Wildman–Crippen MR) is 158 cm³/mol. The number of ether oxygens (including phenoxy) is 2. The van der Waals surface area contributed by atoms with E-state index >= 15 is 0 Å². The van der Waals surface area contributed by atoms with Crippen molar-refractivity contribution in [2.75, 3.05) is 14.2 Å². The van der Waals surface area contributed by atoms with Crippen molar-refractivity contribution in [3.8, 4) is 22.8 Å². The maximum absolute atomic E-state index is 14.9. The number of halogens is 1. The second-order valence-corrected chi connectivity index (χ2v) is 12.6. The number of aryl methyl sites for hydroxylation is 1. The Labute approximate surface area is 242 Å². The molecule has 2 aliphatic rings. The minimum atomic E-state index is -0.755. The normalized spacial score (nSPS) is 18.4. The Morgan fingerprint density at radius 1 is 1.17 bits per heavy atom. The van der Waals surface area contributed by atoms with Gasteiger partial charge in [0.25, 0.3) is 0 Å². The largest absolute Gasteiger partial charge is 0.485 e. The van der Waals surface area contributed by atoms with Gasteiger partial charge in [-0.25, -0.2) is 9.37 Å². The quantitative estimate of drug-likeness (QED) is 0.294. The van der Waals surface area contributed by atoms with Crippen LogP contribution in [0.2, 0.25) is 0 Å². The van der Waals surface area contributed by atoms with E-state index in [9.17, 15) is 14.3 Å². The summed E-state index contributed by atoms with van der Waals surface area (Å²) in [7, 11) is 3.62. The van der Waals surface area contributed by atoms with Crippen LogP contribution in [0.25, 0.3) is 11.1 Å². The lowest BCUT2D eigenvalue weighted by Crippen LogP contribution is -2.37. The first-order chi connectivity index (χ1) is 19.5. The number of pyridine rings is 1. The first-order valence-corrected chi connectivity index (χ1v) is 14.5. The van der Waals surface area contributed by atoms with Gasteiger partial charge < -0.3 is 14.6 Å². The van der Waals surface area contributed by atoms with Crippen LogP contribution >= 0.6 is 0 Å². The first-order valence-electron chi connectivity index (χ1n) is 14.5. The van der Waals surface area contributed by atoms with Crippen LogP contribution in [0.1, 0.15) is 81.2 Å². The van der Waals surface area contributed by atoms with Gasteiger partial charge in [-0.15, -0.1) is 0 Å². The summed E-state index contributed by atoms with van der Waals surface area (Å²) < 4.78 is 26.8. The summed E-state index contributed by atoms with van der Waals surface area (Å²) in [5.74, 6) is 0.00951. The number of carbonyl (C=O) groups is 1. The van der Waals surface area contributed by atoms with Crippen molar-refractivity contribution in [3.63, 3.8) is 0 Å². The number of hydrogen-bond acceptors (Lipinski definition) is 5. The molecule has 1 aliphatic carbocycles. The summed E-state index contributed by atoms with van der Waals surface area (Å²) in [6, 6.07) is 14.0. The molecule has 5 rings (SSSR count). The van der Waals surface area contributed by atoms with Crippen LogP contribution < -0.4 is 9.47 Å². The molecule has 3 atom stereocenters. The van der Waals surface area contributed by atoms with Gasteiger partial charge in [-0.05, 0) is 105 Å². The number of methoxy groups -OCH3 is 1. The van der Waals surface area contributed by atoms with Gasteiger partial charge in [0.2, 0.25) is 5.88 Å². The van der Waals surface area contributed by atoms with Gasteiger partial charge in [-0.3, -0.25) is 9.69 Å². The monoisotopic (exact) mass is 560 g/mol. The van der Waals surface area contributed by atoms with Crippen molar-refractivity contribution in [1.82, 2.24) is 9.88 Å². The van der Waals surface area contributed by atoms with E-state index < -0.39 is 17.7 Å². The Morgan fingerprint density at radius 3 is 2.59 bits per heavy atom. The van der Waals surface area contributed by atoms with E-state index in [0.29, 0.717) is 23.9 Å². The van der Waals surface area contributed by atoms with E-state index in [1.54, 1.807) is 6.07 Å². The van der Waals surface area contributed by atoms with E-state index in [0.717, 1.165) is 59.3 Å². The van der Waals surface area contributed by atoms with Gasteiger partial charge in [-0.1, -0.05) is 31.2 Å². The fraction of sp³-hybridized carbons (Fsp3) is 0.471. The molecular weight excluding hydrogens is 519 g/mol. The van der Waals surface area contributed by atoms with Crippen LogP contribution in [0.5, 0.6) is 11.6 Å². The highest BCUT2D eigenvalue weighted by Crippen LogP contribution is 2.48. The molecule has 1 aliphatic heterocycles. The zero-order chi connectivity index (χ0) is 29.5. The number of carboxylic acids is 1. The van der Waals surface area contributed by atoms with Gasteiger partial charge >= 0.3 is 5.97 Å². The number of rotatable bonds is 9. The van der Waals surface area contributed by atoms with Gasteiger partial charge in [0.15, 0.2) is 0 Å². The van der Waals surface area contributed by atoms with Gasteiger partial charge in [-0.2, -0.15) is 0 Å². The highest BCUT2D eigenvalue weighted by Gasteiger charge is 2.39. The molecule has 0 amide bonds. The summed E-state index contributed by atoms with van der Waals surface area (Å²) in [6.45, 7) is 9.01. The number of aliphatic carboxylic acids is 1. The molecule has 2 unspecified atom stereocenters. The van der Waals surface area contributed by atoms with Crippen LogP contribution in [0.15, 0.2) is 48.7 Å². The third-order valence-corrected chi connectivity index (χ3v) is 8.87. The van der Waals surface area contributed by atoms with Crippen molar-refractivity contribution in [1.29, 1.82) is 0 Å². The minimum absolute atomic E-state index is 0.00990. The predicted octanol–water partition coefficient (Wildman–Crippen LogP) is 7.41. The molecule has 0 bridgehead atoms. The Morgan fingerprint density at radius 2 is 1.93 bits per heavy atom. The van der Waals surface area contributed by atoms with Crippen molar-refractivity contribution >= 4 is 5.97 Å². The molecule has 1 fully saturated rings. The highest BCUT2D eigenvalue weighted by atomic mass is 19.1. The maximum Gasteiger partial charge on any atom is 0.306 e. The van der Waals surface area contributed by atoms with Crippen LogP contribution in [-0.2, 0) is 17.8 Å². The molecule has 0 spiro atoms. The van der Waals surface area contributed by atoms with Crippen LogP contribution in [-0.4, -0.2) is 40.7 Å². The van der Waals surface area contributed by atoms with Gasteiger partial charge in [0.05, 0.1) is 19.2 Å². The summed E-state index contributed by atoms with van der Waals surface area (Å²) >= 11 is 0. The fourth-order valence-electron chi connectivity index (χ4n) is 5.86. The number of hydrogen-bond donors (Lipinski definition) is 1. The van der Waals surface area contributed by atoms with E-state index in [4.69, 9.17) is 9.47 Å². The van der Waals surface area contributed by atoms with E-state index in [1.165, 1.54) is 13.3 Å². The Balaban J connectivity index is 1.50. The maximum atomic E-state index is 14.9. The minimum Gasteiger partial charge on any atom is -0.485 e. The summed E-state index contributed by atoms with van der Waals surface area (Å²) in [6.07, 6.45) is 4.88. The number of fused-ring (bicyclic) bond motifs is 1. The second-order valence-electron chi connectivity index (χ2n) is 12.6. The third kappa shape index (κ3) is 6.25. The molecular formula is C34H41FN2O4. The van der Waals surface area contributed by atoms with Crippen molar-refractivity contribution in [3.05, 3.63) is 76.7 Å². The number of aromatic nitrogens is 1. The number of nitrogens with zero attached hydrogens (tertiary/aromatic N) is 2. The number of carboxylic acid groups (broad SMARTS) is 1. The summed E-state index contributed by atoms with van der Waals surface area (Å²) in [5, 5.41) is 9.76. The average Bonchev–Trinajstić information content (AvgIpc) is 3.77. The van der Waals surface area contributed by atoms with Crippen LogP contribution in [0.3, 0.4) is 0 Å². The highest BCUT2D eigenvalue weighted by molar-refractivity contribution is 5.71. The summed E-state index contributed by atoms with van der Waals surface area (Å²) in [5.41, 5.74) is 5.51. The van der Waals surface area contributed by atoms with Gasteiger partial charge in [0.1, 0.15) is 17.7 Å². The lowest BCUT2D eigenvalue weighted by Gasteiger charge is -2.34. The molecule has 2 aromatic carbocycles. The first kappa shape index (κ1) is 29.1. The molecule has 1 saturated carbocycles. The zero-order valence-electron chi connectivity index (χ0n) is 24.9. The molecule has 0 saturated heterocycles. The van der Waals surface area contributed by atoms with Crippen LogP contribution in [0.4, 0.5) is 4.39 Å². The zero-order valence-corrected chi connectivity index (χ0v) is 24.9. The fourth-order valence-corrected chi connectivity index (χ4v) is 5.86. The molecule has 3 aromatic rings. The van der Waals surface area contributed by atoms with E-state index in [-0.39, 0.29) is 17.6 Å². The Kier molecular flexibility index (Phi) is 8.11. The molecule has 7 heteroatoms. The SMILES string of the molecule is COc1cc(-c2ccc(C3CCc4ccc(C(C5CC5)[C@H](C)C(=O)O)cc4O3)c(CN(C)C(C)(C)C)c2)c(F)cn1. The van der Waals surface area contributed by atoms with E-state index in [1.807, 2.05) is 13.0 Å². The Bertz CT molecular complexity index is 1430. The molecule has 41 heavy (non-hydrogen) atoms. The smallest absolute Gasteiger partial charge is 0.306 e. The topological polar surface area (TPSA) is 71.9 Å². The lowest BCUT2D eigenvalue weighted by atomic mass is 9.82. The molecule has 0 radical (unpaired) electrons. The molecule has 2 heterocycles. The standard InChI is InChI=1S/C34H41FN2O4/c1-20(33(38)39)32(22-8-9-22)24-10-7-21-12-14-29(41-30(21)16-24)26-13-11-23(15-25(26)19-37(5)34(2,3)4)27-17-31(40-6)36-18-28(27)35/h7,10-11,13,15-18,20,22,29,32H,8-9,12,14,19H2,1-6H3,(H,38,39)/t20-,29?,32?/m0/s1. The molecule has 218 valence electrons. The molecule has 1 N–H and O–H groups in total. The lowest BCUT2D eigenvalue weighted by molar-refractivity contribution is -0.142. The number of benzene rings is 2. The third-order valence-electron chi connectivity index (χ3n) is 8.87. The van der Waals surface area contributed by atoms with Gasteiger partial charge in [0, 0.05) is 23.7 Å². The second kappa shape index (κ2) is 11.4. The molecule has 6 nitrogen and oxygen atoms in total. The summed E-state index contributed by atoms with van der Waals surface area (Å²) in [4.78, 5) is 18.2. The Hall–Kier alpha value is -3.45. The van der Waals surface area contributed by atoms with Crippen molar-refractivity contribution in [2.24, 2.45) is 11.8 Å². The van der Waals surface area contributed by atoms with Crippen LogP contribution in [0, 0.1) is 17.7 Å².